The van der Waals surface area contributed by atoms with Crippen LogP contribution < -0.4 is 5.32 Å². The number of hydrogen-bond donors (Lipinski definition) is 1. The van der Waals surface area contributed by atoms with Crippen molar-refractivity contribution >= 4 is 18.3 Å². The van der Waals surface area contributed by atoms with E-state index in [2.05, 4.69) is 5.32 Å². The molecule has 1 N–H and O–H groups in total. The van der Waals surface area contributed by atoms with E-state index in [-0.39, 0.29) is 30.0 Å². The lowest BCUT2D eigenvalue weighted by Gasteiger charge is -2.32. The van der Waals surface area contributed by atoms with Crippen molar-refractivity contribution in [3.63, 3.8) is 0 Å². The summed E-state index contributed by atoms with van der Waals surface area (Å²) in [6.45, 7) is 3.62. The van der Waals surface area contributed by atoms with Crippen LogP contribution in [0.2, 0.25) is 0 Å². The summed E-state index contributed by atoms with van der Waals surface area (Å²) in [7, 11) is 1.97. The number of benzene rings is 1. The molecule has 118 valence electrons. The van der Waals surface area contributed by atoms with Gasteiger partial charge in [0.1, 0.15) is 5.82 Å². The van der Waals surface area contributed by atoms with Crippen LogP contribution in [0.15, 0.2) is 24.3 Å². The maximum Gasteiger partial charge on any atom is 0.223 e. The van der Waals surface area contributed by atoms with Crippen molar-refractivity contribution in [3.8, 4) is 0 Å². The fourth-order valence-electron chi connectivity index (χ4n) is 2.74. The Morgan fingerprint density at radius 3 is 2.67 bits per heavy atom. The Morgan fingerprint density at radius 2 is 2.10 bits per heavy atom. The van der Waals surface area contributed by atoms with Gasteiger partial charge in [-0.2, -0.15) is 0 Å². The molecule has 1 aromatic carbocycles. The summed E-state index contributed by atoms with van der Waals surface area (Å²) < 4.78 is 13.2. The summed E-state index contributed by atoms with van der Waals surface area (Å²) in [5.41, 5.74) is 0.892. The Balaban J connectivity index is 0.00000220. The minimum Gasteiger partial charge on any atom is -0.343 e. The molecule has 0 bridgehead atoms. The lowest BCUT2D eigenvalue weighted by molar-refractivity contribution is -0.132. The fraction of sp³-hybridized carbons (Fsp3) is 0.562. The molecule has 3 nitrogen and oxygen atoms in total. The van der Waals surface area contributed by atoms with E-state index in [0.717, 1.165) is 31.5 Å². The van der Waals surface area contributed by atoms with Crippen molar-refractivity contribution in [1.82, 2.24) is 10.2 Å². The number of hydrogen-bond acceptors (Lipinski definition) is 2. The predicted octanol–water partition coefficient (Wildman–Crippen LogP) is 2.95. The Bertz CT molecular complexity index is 461. The molecule has 1 aliphatic rings. The van der Waals surface area contributed by atoms with Crippen molar-refractivity contribution in [2.45, 2.75) is 38.1 Å². The molecule has 21 heavy (non-hydrogen) atoms. The monoisotopic (exact) mass is 314 g/mol. The number of carbonyl (C=O) groups excluding carboxylic acids is 1. The van der Waals surface area contributed by atoms with Gasteiger partial charge < -0.3 is 10.2 Å². The topological polar surface area (TPSA) is 32.3 Å². The van der Waals surface area contributed by atoms with E-state index in [9.17, 15) is 9.18 Å². The third-order valence-corrected chi connectivity index (χ3v) is 4.15. The van der Waals surface area contributed by atoms with Crippen LogP contribution in [0.3, 0.4) is 0 Å². The van der Waals surface area contributed by atoms with Crippen molar-refractivity contribution in [2.75, 3.05) is 20.1 Å². The second kappa shape index (κ2) is 8.35. The summed E-state index contributed by atoms with van der Waals surface area (Å²) in [5, 5.41) is 3.26. The lowest BCUT2D eigenvalue weighted by Crippen LogP contribution is -2.44. The number of halogens is 2. The van der Waals surface area contributed by atoms with E-state index >= 15 is 0 Å². The molecule has 1 aromatic rings. The summed E-state index contributed by atoms with van der Waals surface area (Å²) in [6, 6.07) is 7.06. The molecule has 0 saturated carbocycles. The van der Waals surface area contributed by atoms with Crippen LogP contribution in [0, 0.1) is 5.82 Å². The van der Waals surface area contributed by atoms with Gasteiger partial charge in [-0.3, -0.25) is 4.79 Å². The van der Waals surface area contributed by atoms with E-state index in [1.54, 1.807) is 6.07 Å². The molecule has 2 rings (SSSR count). The zero-order valence-electron chi connectivity index (χ0n) is 12.6. The summed E-state index contributed by atoms with van der Waals surface area (Å²) in [4.78, 5) is 14.2. The normalized spacial score (nSPS) is 17.2. The first kappa shape index (κ1) is 17.9. The van der Waals surface area contributed by atoms with Gasteiger partial charge in [0.25, 0.3) is 0 Å². The molecule has 1 heterocycles. The first-order chi connectivity index (χ1) is 9.60. The highest BCUT2D eigenvalue weighted by atomic mass is 35.5. The fourth-order valence-corrected chi connectivity index (χ4v) is 2.74. The minimum absolute atomic E-state index is 0. The van der Waals surface area contributed by atoms with Crippen LogP contribution in [0.25, 0.3) is 0 Å². The molecule has 0 aliphatic carbocycles. The zero-order valence-corrected chi connectivity index (χ0v) is 13.5. The molecule has 1 atom stereocenters. The standard InChI is InChI=1S/C16H23FN2O.ClH/c1-12(13-4-3-5-14(17)11-13)10-16(20)19-8-6-15(18-2)7-9-19;/h3-5,11-12,15,18H,6-10H2,1-2H3;1H. The third-order valence-electron chi connectivity index (χ3n) is 4.15. The van der Waals surface area contributed by atoms with E-state index in [0.29, 0.717) is 12.5 Å². The van der Waals surface area contributed by atoms with Crippen molar-refractivity contribution < 1.29 is 9.18 Å². The van der Waals surface area contributed by atoms with E-state index in [1.807, 2.05) is 24.9 Å². The van der Waals surface area contributed by atoms with Crippen LogP contribution in [0.5, 0.6) is 0 Å². The average Bonchev–Trinajstić information content (AvgIpc) is 2.47. The molecule has 5 heteroatoms. The molecule has 0 spiro atoms. The second-order valence-corrected chi connectivity index (χ2v) is 5.60. The number of piperidine rings is 1. The molecule has 1 fully saturated rings. The Hall–Kier alpha value is -1.13. The molecule has 1 aliphatic heterocycles. The molecular formula is C16H24ClFN2O. The Morgan fingerprint density at radius 1 is 1.43 bits per heavy atom. The maximum absolute atomic E-state index is 13.2. The van der Waals surface area contributed by atoms with E-state index in [1.165, 1.54) is 12.1 Å². The minimum atomic E-state index is -0.239. The van der Waals surface area contributed by atoms with Gasteiger partial charge in [-0.15, -0.1) is 12.4 Å². The first-order valence-corrected chi connectivity index (χ1v) is 7.30. The highest BCUT2D eigenvalue weighted by Gasteiger charge is 2.23. The summed E-state index contributed by atoms with van der Waals surface area (Å²) in [5.74, 6) is -0.00632. The van der Waals surface area contributed by atoms with Crippen molar-refractivity contribution in [3.05, 3.63) is 35.6 Å². The molecular weight excluding hydrogens is 291 g/mol. The number of carbonyl (C=O) groups is 1. The van der Waals surface area contributed by atoms with Gasteiger partial charge in [0.2, 0.25) is 5.91 Å². The van der Waals surface area contributed by atoms with Crippen molar-refractivity contribution in [2.24, 2.45) is 0 Å². The Labute approximate surface area is 132 Å². The number of nitrogens with zero attached hydrogens (tertiary/aromatic N) is 1. The molecule has 1 saturated heterocycles. The van der Waals surface area contributed by atoms with Crippen LogP contribution in [0.4, 0.5) is 4.39 Å². The van der Waals surface area contributed by atoms with Gasteiger partial charge in [-0.1, -0.05) is 19.1 Å². The summed E-state index contributed by atoms with van der Waals surface area (Å²) >= 11 is 0. The highest BCUT2D eigenvalue weighted by Crippen LogP contribution is 2.22. The average molecular weight is 315 g/mol. The van der Waals surface area contributed by atoms with Crippen LogP contribution in [-0.2, 0) is 4.79 Å². The number of nitrogens with one attached hydrogen (secondary N) is 1. The number of amides is 1. The number of rotatable bonds is 4. The van der Waals surface area contributed by atoms with Crippen LogP contribution in [-0.4, -0.2) is 37.0 Å². The van der Waals surface area contributed by atoms with Gasteiger partial charge in [-0.25, -0.2) is 4.39 Å². The largest absolute Gasteiger partial charge is 0.343 e. The quantitative estimate of drug-likeness (QED) is 0.926. The lowest BCUT2D eigenvalue weighted by atomic mass is 9.96. The first-order valence-electron chi connectivity index (χ1n) is 7.30. The van der Waals surface area contributed by atoms with Crippen molar-refractivity contribution in [1.29, 1.82) is 0 Å². The van der Waals surface area contributed by atoms with Gasteiger partial charge in [0, 0.05) is 25.6 Å². The maximum atomic E-state index is 13.2. The molecule has 1 amide bonds. The molecule has 0 aromatic heterocycles. The second-order valence-electron chi connectivity index (χ2n) is 5.60. The number of likely N-dealkylation sites (tertiary alicyclic amines) is 1. The zero-order chi connectivity index (χ0) is 14.5. The van der Waals surface area contributed by atoms with Crippen LogP contribution in [0.1, 0.15) is 37.7 Å². The SMILES string of the molecule is CNC1CCN(C(=O)CC(C)c2cccc(F)c2)CC1.Cl. The van der Waals surface area contributed by atoms with E-state index < -0.39 is 0 Å². The van der Waals surface area contributed by atoms with Gasteiger partial charge in [-0.05, 0) is 43.5 Å². The summed E-state index contributed by atoms with van der Waals surface area (Å²) in [6.07, 6.45) is 2.47. The highest BCUT2D eigenvalue weighted by molar-refractivity contribution is 5.85. The smallest absolute Gasteiger partial charge is 0.223 e. The third kappa shape index (κ3) is 4.97. The van der Waals surface area contributed by atoms with Gasteiger partial charge >= 0.3 is 0 Å². The predicted molar refractivity (Wildman–Crippen MR) is 85.3 cm³/mol. The van der Waals surface area contributed by atoms with Crippen LogP contribution >= 0.6 is 12.4 Å². The van der Waals surface area contributed by atoms with Gasteiger partial charge in [0.05, 0.1) is 0 Å². The Kier molecular flexibility index (Phi) is 7.12. The molecule has 0 radical (unpaired) electrons. The molecule has 1 unspecified atom stereocenters. The van der Waals surface area contributed by atoms with E-state index in [4.69, 9.17) is 0 Å². The van der Waals surface area contributed by atoms with Gasteiger partial charge in [0.15, 0.2) is 0 Å².